The number of rotatable bonds is 4. The molecule has 0 spiro atoms. The van der Waals surface area contributed by atoms with E-state index in [0.717, 1.165) is 0 Å². The van der Waals surface area contributed by atoms with E-state index >= 15 is 0 Å². The number of carbonyl (C=O) groups excluding carboxylic acids is 2. The summed E-state index contributed by atoms with van der Waals surface area (Å²) in [6.45, 7) is 3.81. The molecule has 0 heterocycles. The molecule has 2 atom stereocenters. The number of hydrogen-bond acceptors (Lipinski definition) is 4. The van der Waals surface area contributed by atoms with Crippen molar-refractivity contribution in [1.82, 2.24) is 0 Å². The van der Waals surface area contributed by atoms with Crippen molar-refractivity contribution in [3.05, 3.63) is 60.7 Å². The fourth-order valence-corrected chi connectivity index (χ4v) is 3.08. The van der Waals surface area contributed by atoms with Gasteiger partial charge in [0, 0.05) is 0 Å². The Morgan fingerprint density at radius 3 is 1.50 bits per heavy atom. The van der Waals surface area contributed by atoms with Crippen LogP contribution < -0.4 is 9.47 Å². The molecular formula is C20H20O4. The van der Waals surface area contributed by atoms with Gasteiger partial charge in [0.15, 0.2) is 0 Å². The van der Waals surface area contributed by atoms with Crippen LogP contribution in [-0.2, 0) is 9.59 Å². The van der Waals surface area contributed by atoms with Crippen LogP contribution in [0.1, 0.15) is 20.3 Å². The Hall–Kier alpha value is -2.62. The van der Waals surface area contributed by atoms with Crippen molar-refractivity contribution in [3.8, 4) is 11.5 Å². The lowest BCUT2D eigenvalue weighted by Gasteiger charge is -2.48. The molecule has 1 saturated carbocycles. The minimum Gasteiger partial charge on any atom is -0.426 e. The maximum absolute atomic E-state index is 12.4. The molecule has 0 unspecified atom stereocenters. The van der Waals surface area contributed by atoms with Crippen LogP contribution in [0, 0.1) is 17.3 Å². The molecule has 2 aromatic carbocycles. The van der Waals surface area contributed by atoms with Crippen LogP contribution in [0.15, 0.2) is 60.7 Å². The van der Waals surface area contributed by atoms with Gasteiger partial charge < -0.3 is 9.47 Å². The lowest BCUT2D eigenvalue weighted by atomic mass is 9.54. The molecule has 0 amide bonds. The highest BCUT2D eigenvalue weighted by Gasteiger charge is 2.56. The van der Waals surface area contributed by atoms with Crippen LogP contribution in [0.5, 0.6) is 11.5 Å². The fraction of sp³-hybridized carbons (Fsp3) is 0.300. The first-order chi connectivity index (χ1) is 11.5. The zero-order chi connectivity index (χ0) is 17.2. The fourth-order valence-electron chi connectivity index (χ4n) is 3.08. The molecule has 0 aliphatic heterocycles. The van der Waals surface area contributed by atoms with Gasteiger partial charge in [-0.25, -0.2) is 0 Å². The number of esters is 2. The van der Waals surface area contributed by atoms with E-state index in [-0.39, 0.29) is 23.8 Å². The zero-order valence-corrected chi connectivity index (χ0v) is 13.8. The summed E-state index contributed by atoms with van der Waals surface area (Å²) in [5.74, 6) is -0.177. The Bertz CT molecular complexity index is 660. The molecule has 0 saturated heterocycles. The molecule has 1 fully saturated rings. The molecule has 1 aliphatic rings. The Labute approximate surface area is 141 Å². The first-order valence-electron chi connectivity index (χ1n) is 8.02. The first-order valence-corrected chi connectivity index (χ1v) is 8.02. The number of benzene rings is 2. The minimum atomic E-state index is -0.488. The van der Waals surface area contributed by atoms with Crippen LogP contribution in [0.3, 0.4) is 0 Å². The molecule has 1 aliphatic carbocycles. The summed E-state index contributed by atoms with van der Waals surface area (Å²) in [7, 11) is 0. The highest BCUT2D eigenvalue weighted by molar-refractivity contribution is 5.84. The van der Waals surface area contributed by atoms with Gasteiger partial charge in [-0.05, 0) is 36.1 Å². The average molecular weight is 324 g/mol. The van der Waals surface area contributed by atoms with Gasteiger partial charge in [0.25, 0.3) is 0 Å². The highest BCUT2D eigenvalue weighted by Crippen LogP contribution is 2.52. The van der Waals surface area contributed by atoms with Gasteiger partial charge in [-0.15, -0.1) is 0 Å². The Morgan fingerprint density at radius 2 is 1.17 bits per heavy atom. The van der Waals surface area contributed by atoms with Crippen LogP contribution >= 0.6 is 0 Å². The number of hydrogen-bond donors (Lipinski definition) is 0. The Morgan fingerprint density at radius 1 is 0.792 bits per heavy atom. The molecule has 0 N–H and O–H groups in total. The van der Waals surface area contributed by atoms with E-state index in [1.165, 1.54) is 0 Å². The van der Waals surface area contributed by atoms with E-state index in [1.807, 2.05) is 50.2 Å². The van der Waals surface area contributed by atoms with E-state index in [1.54, 1.807) is 24.3 Å². The number of ether oxygens (including phenoxy) is 2. The SMILES string of the molecule is CC1(C)[C@@H](C(=O)Oc2ccccc2)C[C@H]1C(=O)Oc1ccccc1. The Balaban J connectivity index is 1.62. The molecule has 0 aromatic heterocycles. The molecule has 4 nitrogen and oxygen atoms in total. The average Bonchev–Trinajstić information content (AvgIpc) is 2.55. The van der Waals surface area contributed by atoms with Crippen molar-refractivity contribution < 1.29 is 19.1 Å². The van der Waals surface area contributed by atoms with Crippen molar-refractivity contribution in [1.29, 1.82) is 0 Å². The maximum atomic E-state index is 12.4. The van der Waals surface area contributed by atoms with Crippen molar-refractivity contribution >= 4 is 11.9 Å². The second-order valence-corrected chi connectivity index (χ2v) is 6.63. The van der Waals surface area contributed by atoms with Gasteiger partial charge in [0.05, 0.1) is 11.8 Å². The van der Waals surface area contributed by atoms with Gasteiger partial charge in [-0.2, -0.15) is 0 Å². The highest BCUT2D eigenvalue weighted by atomic mass is 16.5. The second-order valence-electron chi connectivity index (χ2n) is 6.63. The summed E-state index contributed by atoms with van der Waals surface area (Å²) in [5.41, 5.74) is -0.488. The van der Waals surface area contributed by atoms with Gasteiger partial charge in [-0.3, -0.25) is 9.59 Å². The lowest BCUT2D eigenvalue weighted by molar-refractivity contribution is -0.167. The standard InChI is InChI=1S/C20H20O4/c1-20(2)16(18(21)23-14-9-5-3-6-10-14)13-17(20)19(22)24-15-11-7-4-8-12-15/h3-12,16-17H,13H2,1-2H3/t16-,17+. The molecule has 3 rings (SSSR count). The molecule has 0 bridgehead atoms. The number of para-hydroxylation sites is 2. The third kappa shape index (κ3) is 3.18. The molecule has 0 radical (unpaired) electrons. The second kappa shape index (κ2) is 6.48. The van der Waals surface area contributed by atoms with Crippen LogP contribution in [0.4, 0.5) is 0 Å². The van der Waals surface area contributed by atoms with Crippen LogP contribution in [0.25, 0.3) is 0 Å². The monoisotopic (exact) mass is 324 g/mol. The maximum Gasteiger partial charge on any atom is 0.314 e. The van der Waals surface area contributed by atoms with Crippen LogP contribution in [-0.4, -0.2) is 11.9 Å². The van der Waals surface area contributed by atoms with E-state index in [0.29, 0.717) is 17.9 Å². The van der Waals surface area contributed by atoms with Crippen molar-refractivity contribution in [2.24, 2.45) is 17.3 Å². The van der Waals surface area contributed by atoms with Crippen LogP contribution in [0.2, 0.25) is 0 Å². The molecule has 4 heteroatoms. The van der Waals surface area contributed by atoms with Gasteiger partial charge >= 0.3 is 11.9 Å². The summed E-state index contributed by atoms with van der Waals surface area (Å²) < 4.78 is 10.8. The minimum absolute atomic E-state index is 0.296. The first kappa shape index (κ1) is 16.2. The lowest BCUT2D eigenvalue weighted by Crippen LogP contribution is -2.54. The third-order valence-electron chi connectivity index (χ3n) is 4.76. The summed E-state index contributed by atoms with van der Waals surface area (Å²) in [6.07, 6.45) is 0.449. The summed E-state index contributed by atoms with van der Waals surface area (Å²) >= 11 is 0. The quantitative estimate of drug-likeness (QED) is 0.633. The molecule has 124 valence electrons. The predicted octanol–water partition coefficient (Wildman–Crippen LogP) is 3.86. The summed E-state index contributed by atoms with van der Waals surface area (Å²) in [5, 5.41) is 0. The van der Waals surface area contributed by atoms with Crippen molar-refractivity contribution in [2.45, 2.75) is 20.3 Å². The zero-order valence-electron chi connectivity index (χ0n) is 13.8. The van der Waals surface area contributed by atoms with Gasteiger partial charge in [0.2, 0.25) is 0 Å². The summed E-state index contributed by atoms with van der Waals surface area (Å²) in [6, 6.07) is 17.9. The van der Waals surface area contributed by atoms with Crippen molar-refractivity contribution in [2.75, 3.05) is 0 Å². The smallest absolute Gasteiger partial charge is 0.314 e. The topological polar surface area (TPSA) is 52.6 Å². The third-order valence-corrected chi connectivity index (χ3v) is 4.76. The molecular weight excluding hydrogens is 304 g/mol. The van der Waals surface area contributed by atoms with E-state index < -0.39 is 5.41 Å². The summed E-state index contributed by atoms with van der Waals surface area (Å²) in [4.78, 5) is 24.7. The van der Waals surface area contributed by atoms with Gasteiger partial charge in [0.1, 0.15) is 11.5 Å². The largest absolute Gasteiger partial charge is 0.426 e. The van der Waals surface area contributed by atoms with E-state index in [2.05, 4.69) is 0 Å². The van der Waals surface area contributed by atoms with E-state index in [4.69, 9.17) is 9.47 Å². The predicted molar refractivity (Wildman–Crippen MR) is 89.5 cm³/mol. The van der Waals surface area contributed by atoms with Gasteiger partial charge in [-0.1, -0.05) is 50.2 Å². The molecule has 24 heavy (non-hydrogen) atoms. The Kier molecular flexibility index (Phi) is 4.38. The van der Waals surface area contributed by atoms with Crippen molar-refractivity contribution in [3.63, 3.8) is 0 Å². The molecule has 2 aromatic rings. The van der Waals surface area contributed by atoms with E-state index in [9.17, 15) is 9.59 Å². The number of carbonyl (C=O) groups is 2. The normalized spacial score (nSPS) is 21.4.